The smallest absolute Gasteiger partial charge is 2.00 e. The van der Waals surface area contributed by atoms with Crippen molar-refractivity contribution in [3.63, 3.8) is 0 Å². The van der Waals surface area contributed by atoms with Gasteiger partial charge in [-0.3, -0.25) is 0 Å². The molecule has 0 saturated heterocycles. The maximum atomic E-state index is 0. The van der Waals surface area contributed by atoms with Gasteiger partial charge in [0.1, 0.15) is 0 Å². The van der Waals surface area contributed by atoms with Crippen LogP contribution in [-0.4, -0.2) is 95.6 Å². The van der Waals surface area contributed by atoms with Crippen LogP contribution in [0, 0.1) is 0 Å². The molecule has 0 rings (SSSR count). The molecule has 32 valence electrons. The molecule has 0 N–H and O–H groups in total. The molecule has 0 heterocycles. The summed E-state index contributed by atoms with van der Waals surface area (Å²) < 4.78 is 0. The monoisotopic (exact) mass is 573 g/mol. The van der Waals surface area contributed by atoms with Gasteiger partial charge in [0.15, 0.2) is 0 Å². The van der Waals surface area contributed by atoms with E-state index in [2.05, 4.69) is 0 Å². The summed E-state index contributed by atoms with van der Waals surface area (Å²) >= 11 is 0. The van der Waals surface area contributed by atoms with Crippen molar-refractivity contribution < 1.29 is 0 Å². The third kappa shape index (κ3) is 37.5. The van der Waals surface area contributed by atoms with Crippen LogP contribution < -0.4 is 0 Å². The average Bonchev–Trinajstić information content (AvgIpc) is 0. The molecule has 0 fully saturated rings. The van der Waals surface area contributed by atoms with E-state index in [4.69, 9.17) is 0 Å². The molecule has 0 aliphatic rings. The van der Waals surface area contributed by atoms with Crippen LogP contribution in [0.4, 0.5) is 0 Å². The second kappa shape index (κ2) is 46.9. The molecule has 0 bridgehead atoms. The average molecular weight is 568 g/mol. The van der Waals surface area contributed by atoms with Gasteiger partial charge in [0.2, 0.25) is 0 Å². The summed E-state index contributed by atoms with van der Waals surface area (Å²) in [5, 5.41) is 0. The Morgan fingerprint density at radius 2 is 0.286 bits per heavy atom. The fourth-order valence-corrected chi connectivity index (χ4v) is 0. The molecular formula is P3Sn4-. The van der Waals surface area contributed by atoms with Crippen LogP contribution in [-0.2, 0) is 0 Å². The molecule has 0 unspecified atom stereocenters. The summed E-state index contributed by atoms with van der Waals surface area (Å²) in [6, 6.07) is 0. The summed E-state index contributed by atoms with van der Waals surface area (Å²) in [5.41, 5.74) is 0. The fraction of sp³-hybridized carbons (Fsp3) is 0. The van der Waals surface area contributed by atoms with Crippen LogP contribution in [0.2, 0.25) is 0 Å². The van der Waals surface area contributed by atoms with Gasteiger partial charge in [0.25, 0.3) is 0 Å². The zero-order valence-corrected chi connectivity index (χ0v) is 17.4. The predicted molar refractivity (Wildman–Crippen MR) is 43.8 cm³/mol. The maximum Gasteiger partial charge on any atom is 2.00 e. The van der Waals surface area contributed by atoms with E-state index >= 15 is 0 Å². The van der Waals surface area contributed by atoms with Gasteiger partial charge >= 0.3 is 95.6 Å². The van der Waals surface area contributed by atoms with Crippen LogP contribution in [0.25, 0.3) is 0 Å². The van der Waals surface area contributed by atoms with Crippen molar-refractivity contribution in [2.75, 3.05) is 0 Å². The van der Waals surface area contributed by atoms with Gasteiger partial charge in [0.05, 0.1) is 0 Å². The normalized spacial score (nSPS) is 0. The van der Waals surface area contributed by atoms with Crippen molar-refractivity contribution in [1.82, 2.24) is 0 Å². The Kier molecular flexibility index (Phi) is 421. The summed E-state index contributed by atoms with van der Waals surface area (Å²) in [7, 11) is 0. The summed E-state index contributed by atoms with van der Waals surface area (Å²) in [6.07, 6.45) is 0. The minimum absolute atomic E-state index is 0. The molecule has 0 aromatic rings. The Labute approximate surface area is 123 Å². The first-order chi connectivity index (χ1) is 0. The first-order valence-corrected chi connectivity index (χ1v) is 0. The molecule has 0 aromatic carbocycles. The van der Waals surface area contributed by atoms with Gasteiger partial charge in [-0.15, -0.1) is 0 Å². The molecule has 0 aromatic heterocycles. The van der Waals surface area contributed by atoms with E-state index in [1.165, 1.54) is 0 Å². The van der Waals surface area contributed by atoms with Crippen molar-refractivity contribution in [3.8, 4) is 0 Å². The summed E-state index contributed by atoms with van der Waals surface area (Å²) in [5.74, 6) is 0. The Morgan fingerprint density at radius 1 is 0.286 bits per heavy atom. The molecule has 0 spiro atoms. The molecule has 0 aliphatic carbocycles. The van der Waals surface area contributed by atoms with Crippen LogP contribution in [0.3, 0.4) is 0 Å². The summed E-state index contributed by atoms with van der Waals surface area (Å²) in [6.45, 7) is 0. The minimum Gasteiger partial charge on any atom is -3.00 e. The van der Waals surface area contributed by atoms with Crippen LogP contribution in [0.15, 0.2) is 0 Å². The van der Waals surface area contributed by atoms with Crippen molar-refractivity contribution in [3.05, 3.63) is 0 Å². The van der Waals surface area contributed by atoms with Gasteiger partial charge in [-0.05, 0) is 0 Å². The van der Waals surface area contributed by atoms with Crippen molar-refractivity contribution >= 4 is 125 Å². The molecule has 0 nitrogen and oxygen atoms in total. The van der Waals surface area contributed by atoms with Crippen LogP contribution in [0.1, 0.15) is 0 Å². The minimum atomic E-state index is 0. The molecule has 0 atom stereocenters. The third-order valence-corrected chi connectivity index (χ3v) is 0. The zero-order valence-electron chi connectivity index (χ0n) is 3.34. The number of hydrogen-bond acceptors (Lipinski definition) is 0. The molecular weight excluding hydrogens is 568 g/mol. The van der Waals surface area contributed by atoms with Gasteiger partial charge in [-0.2, -0.15) is 0 Å². The van der Waals surface area contributed by atoms with Gasteiger partial charge in [-0.1, -0.05) is 0 Å². The van der Waals surface area contributed by atoms with E-state index in [1.54, 1.807) is 0 Å². The summed E-state index contributed by atoms with van der Waals surface area (Å²) in [4.78, 5) is 0. The topological polar surface area (TPSA) is 0 Å². The van der Waals surface area contributed by atoms with E-state index in [9.17, 15) is 0 Å². The Balaban J connectivity index is 0. The van der Waals surface area contributed by atoms with Crippen molar-refractivity contribution in [1.29, 1.82) is 0 Å². The second-order valence-electron chi connectivity index (χ2n) is 0. The second-order valence-corrected chi connectivity index (χ2v) is 0. The van der Waals surface area contributed by atoms with Crippen molar-refractivity contribution in [2.45, 2.75) is 0 Å². The van der Waals surface area contributed by atoms with E-state index in [-0.39, 0.29) is 125 Å². The molecule has 7 heteroatoms. The quantitative estimate of drug-likeness (QED) is 0.304. The predicted octanol–water partition coefficient (Wildman–Crippen LogP) is 1.06. The third-order valence-electron chi connectivity index (χ3n) is 0. The molecule has 8 radical (unpaired) electrons. The van der Waals surface area contributed by atoms with Crippen LogP contribution >= 0.6 is 29.7 Å². The van der Waals surface area contributed by atoms with E-state index in [0.717, 1.165) is 0 Å². The van der Waals surface area contributed by atoms with E-state index in [1.807, 2.05) is 0 Å². The number of hydrogen-bond donors (Lipinski definition) is 0. The van der Waals surface area contributed by atoms with Crippen LogP contribution in [0.5, 0.6) is 0 Å². The Hall–Kier alpha value is 4.48. The Morgan fingerprint density at radius 3 is 0.286 bits per heavy atom. The zero-order chi connectivity index (χ0) is 0. The first kappa shape index (κ1) is 62.8. The van der Waals surface area contributed by atoms with Crippen molar-refractivity contribution in [2.24, 2.45) is 0 Å². The van der Waals surface area contributed by atoms with Gasteiger partial charge in [-0.25, -0.2) is 0 Å². The SMILES string of the molecule is [P-3].[P-3].[P-3].[Sn+2].[Sn+2].[Sn+2].[Sn+2]. The molecule has 0 aliphatic heterocycles. The van der Waals surface area contributed by atoms with E-state index < -0.39 is 0 Å². The van der Waals surface area contributed by atoms with Gasteiger partial charge < -0.3 is 29.7 Å². The Bertz CT molecular complexity index is 6.90. The first-order valence-electron chi connectivity index (χ1n) is 0. The van der Waals surface area contributed by atoms with Gasteiger partial charge in [0, 0.05) is 0 Å². The largest absolute Gasteiger partial charge is 3.00 e. The maximum absolute atomic E-state index is 0. The molecule has 0 amide bonds. The molecule has 0 saturated carbocycles. The standard InChI is InChI=1S/3P.4Sn/q3*-3;4*+2. The molecule has 7 heavy (non-hydrogen) atoms. The van der Waals surface area contributed by atoms with E-state index in [0.29, 0.717) is 0 Å². The number of rotatable bonds is 0. The fourth-order valence-electron chi connectivity index (χ4n) is 0.